The first-order chi connectivity index (χ1) is 18.7. The number of nitrogens with one attached hydrogen (secondary N) is 1. The van der Waals surface area contributed by atoms with Crippen molar-refractivity contribution in [2.45, 2.75) is 39.1 Å². The number of halogens is 2. The van der Waals surface area contributed by atoms with E-state index >= 15 is 0 Å². The van der Waals surface area contributed by atoms with Crippen molar-refractivity contribution in [3.63, 3.8) is 0 Å². The van der Waals surface area contributed by atoms with Crippen LogP contribution < -0.4 is 9.47 Å². The van der Waals surface area contributed by atoms with Crippen molar-refractivity contribution in [3.05, 3.63) is 93.0 Å². The second kappa shape index (κ2) is 10.9. The summed E-state index contributed by atoms with van der Waals surface area (Å²) in [6, 6.07) is 18.7. The number of ether oxygens (including phenoxy) is 4. The van der Waals surface area contributed by atoms with Crippen LogP contribution in [0, 0.1) is 5.92 Å². The molecule has 0 amide bonds. The van der Waals surface area contributed by atoms with E-state index in [9.17, 15) is 9.59 Å². The van der Waals surface area contributed by atoms with E-state index in [0.717, 1.165) is 22.0 Å². The van der Waals surface area contributed by atoms with Gasteiger partial charge in [-0.1, -0.05) is 41.9 Å². The number of para-hydroxylation sites is 1. The zero-order chi connectivity index (χ0) is 27.7. The molecule has 202 valence electrons. The first-order valence-corrected chi connectivity index (χ1v) is 13.7. The highest BCUT2D eigenvalue weighted by Gasteiger charge is 2.49. The lowest BCUT2D eigenvalue weighted by molar-refractivity contribution is -0.240. The minimum Gasteiger partial charge on any atom is -0.490 e. The van der Waals surface area contributed by atoms with E-state index in [0.29, 0.717) is 33.2 Å². The third-order valence-corrected chi connectivity index (χ3v) is 7.32. The molecule has 0 saturated carbocycles. The van der Waals surface area contributed by atoms with Gasteiger partial charge in [0.1, 0.15) is 6.61 Å². The predicted molar refractivity (Wildman–Crippen MR) is 151 cm³/mol. The first-order valence-electron chi connectivity index (χ1n) is 12.5. The molecule has 0 unspecified atom stereocenters. The Hall–Kier alpha value is -3.49. The van der Waals surface area contributed by atoms with Crippen LogP contribution in [0.15, 0.2) is 71.3 Å². The summed E-state index contributed by atoms with van der Waals surface area (Å²) in [5, 5.41) is 1.52. The normalized spacial score (nSPS) is 16.0. The molecule has 1 atom stereocenters. The summed E-state index contributed by atoms with van der Waals surface area (Å²) in [6.45, 7) is 5.62. The Morgan fingerprint density at radius 3 is 2.41 bits per heavy atom. The molecule has 1 aliphatic heterocycles. The molecule has 1 fully saturated rings. The lowest BCUT2D eigenvalue weighted by atomic mass is 9.80. The molecule has 1 saturated heterocycles. The van der Waals surface area contributed by atoms with E-state index < -0.39 is 29.6 Å². The molecule has 0 aliphatic carbocycles. The standard InChI is InChI=1S/C30H27BrClNO6/c1-4-36-24-14-18(13-22(31)27(24)37-16-17-9-11-19(32)12-10-17)25(21-15-33-23-8-6-5-7-20(21)23)26-28(34)38-30(2,3)39-29(26)35/h5-15,25-26,33H,4,16H2,1-3H3/t25-/m1/s1. The highest BCUT2D eigenvalue weighted by Crippen LogP contribution is 2.45. The van der Waals surface area contributed by atoms with Crippen molar-refractivity contribution in [3.8, 4) is 11.5 Å². The van der Waals surface area contributed by atoms with E-state index in [1.54, 1.807) is 18.2 Å². The van der Waals surface area contributed by atoms with Gasteiger partial charge in [-0.3, -0.25) is 9.59 Å². The zero-order valence-electron chi connectivity index (χ0n) is 21.6. The smallest absolute Gasteiger partial charge is 0.324 e. The van der Waals surface area contributed by atoms with Crippen LogP contribution >= 0.6 is 27.5 Å². The van der Waals surface area contributed by atoms with Gasteiger partial charge in [0, 0.05) is 41.9 Å². The van der Waals surface area contributed by atoms with Gasteiger partial charge in [0.25, 0.3) is 5.79 Å². The number of cyclic esters (lactones) is 2. The number of benzene rings is 3. The lowest BCUT2D eigenvalue weighted by Crippen LogP contribution is -2.48. The van der Waals surface area contributed by atoms with Crippen molar-refractivity contribution in [2.75, 3.05) is 6.61 Å². The van der Waals surface area contributed by atoms with Crippen LogP contribution in [0.5, 0.6) is 11.5 Å². The maximum Gasteiger partial charge on any atom is 0.324 e. The summed E-state index contributed by atoms with van der Waals surface area (Å²) in [6.07, 6.45) is 1.81. The Morgan fingerprint density at radius 2 is 1.72 bits per heavy atom. The van der Waals surface area contributed by atoms with Gasteiger partial charge in [-0.2, -0.15) is 0 Å². The summed E-state index contributed by atoms with van der Waals surface area (Å²) < 4.78 is 23.8. The predicted octanol–water partition coefficient (Wildman–Crippen LogP) is 7.15. The number of hydrogen-bond donors (Lipinski definition) is 1. The minimum absolute atomic E-state index is 0.289. The summed E-state index contributed by atoms with van der Waals surface area (Å²) >= 11 is 9.65. The number of rotatable bonds is 8. The van der Waals surface area contributed by atoms with Crippen LogP contribution in [0.2, 0.25) is 5.02 Å². The van der Waals surface area contributed by atoms with E-state index in [1.807, 2.05) is 55.6 Å². The van der Waals surface area contributed by atoms with Crippen LogP contribution in [-0.4, -0.2) is 29.3 Å². The molecule has 0 bridgehead atoms. The van der Waals surface area contributed by atoms with E-state index in [2.05, 4.69) is 20.9 Å². The Bertz CT molecular complexity index is 1510. The molecule has 7 nitrogen and oxygen atoms in total. The number of aromatic amines is 1. The summed E-state index contributed by atoms with van der Waals surface area (Å²) in [5.74, 6) is -3.61. The second-order valence-electron chi connectivity index (χ2n) is 9.67. The highest BCUT2D eigenvalue weighted by atomic mass is 79.9. The highest BCUT2D eigenvalue weighted by molar-refractivity contribution is 9.10. The number of hydrogen-bond acceptors (Lipinski definition) is 6. The number of carbonyl (C=O) groups is 2. The SMILES string of the molecule is CCOc1cc([C@H](c2c[nH]c3ccccc23)C2C(=O)OC(C)(C)OC2=O)cc(Br)c1OCc1ccc(Cl)cc1. The molecule has 9 heteroatoms. The molecular formula is C30H27BrClNO6. The Morgan fingerprint density at radius 1 is 1.03 bits per heavy atom. The van der Waals surface area contributed by atoms with Crippen LogP contribution in [-0.2, 0) is 25.7 Å². The van der Waals surface area contributed by atoms with Crippen molar-refractivity contribution < 1.29 is 28.5 Å². The maximum absolute atomic E-state index is 13.3. The molecule has 5 rings (SSSR count). The Labute approximate surface area is 239 Å². The third-order valence-electron chi connectivity index (χ3n) is 6.48. The van der Waals surface area contributed by atoms with Gasteiger partial charge >= 0.3 is 11.9 Å². The number of H-pyrrole nitrogens is 1. The summed E-state index contributed by atoms with van der Waals surface area (Å²) in [4.78, 5) is 29.9. The average molecular weight is 613 g/mol. The van der Waals surface area contributed by atoms with Gasteiger partial charge in [-0.15, -0.1) is 0 Å². The van der Waals surface area contributed by atoms with Gasteiger partial charge in [0.2, 0.25) is 0 Å². The quantitative estimate of drug-likeness (QED) is 0.168. The molecule has 2 heterocycles. The summed E-state index contributed by atoms with van der Waals surface area (Å²) in [5.41, 5.74) is 3.23. The molecule has 1 aliphatic rings. The zero-order valence-corrected chi connectivity index (χ0v) is 24.0. The van der Waals surface area contributed by atoms with Gasteiger partial charge in [-0.25, -0.2) is 0 Å². The molecule has 3 aromatic carbocycles. The fourth-order valence-corrected chi connectivity index (χ4v) is 5.51. The van der Waals surface area contributed by atoms with E-state index in [1.165, 1.54) is 13.8 Å². The largest absolute Gasteiger partial charge is 0.490 e. The van der Waals surface area contributed by atoms with Crippen LogP contribution in [0.25, 0.3) is 10.9 Å². The number of fused-ring (bicyclic) bond motifs is 1. The van der Waals surface area contributed by atoms with Crippen LogP contribution in [0.3, 0.4) is 0 Å². The van der Waals surface area contributed by atoms with Crippen molar-refractivity contribution in [1.29, 1.82) is 0 Å². The van der Waals surface area contributed by atoms with Crippen molar-refractivity contribution >= 4 is 50.4 Å². The molecular weight excluding hydrogens is 586 g/mol. The van der Waals surface area contributed by atoms with Crippen molar-refractivity contribution in [1.82, 2.24) is 4.98 Å². The van der Waals surface area contributed by atoms with Gasteiger partial charge in [-0.05, 0) is 69.9 Å². The maximum atomic E-state index is 13.3. The second-order valence-corrected chi connectivity index (χ2v) is 11.0. The minimum atomic E-state index is -1.34. The Kier molecular flexibility index (Phi) is 7.60. The number of esters is 2. The summed E-state index contributed by atoms with van der Waals surface area (Å²) in [7, 11) is 0. The van der Waals surface area contributed by atoms with Gasteiger partial charge in [0.15, 0.2) is 17.4 Å². The Balaban J connectivity index is 1.60. The van der Waals surface area contributed by atoms with Gasteiger partial charge in [0.05, 0.1) is 11.1 Å². The monoisotopic (exact) mass is 611 g/mol. The van der Waals surface area contributed by atoms with Crippen LogP contribution in [0.4, 0.5) is 0 Å². The molecule has 39 heavy (non-hydrogen) atoms. The molecule has 0 radical (unpaired) electrons. The molecule has 0 spiro atoms. The fourth-order valence-electron chi connectivity index (χ4n) is 4.81. The lowest BCUT2D eigenvalue weighted by Gasteiger charge is -2.36. The van der Waals surface area contributed by atoms with Gasteiger partial charge < -0.3 is 23.9 Å². The average Bonchev–Trinajstić information content (AvgIpc) is 3.30. The first kappa shape index (κ1) is 27.1. The fraction of sp³-hybridized carbons (Fsp3) is 0.267. The van der Waals surface area contributed by atoms with E-state index in [4.69, 9.17) is 30.5 Å². The molecule has 1 N–H and O–H groups in total. The number of aromatic nitrogens is 1. The molecule has 1 aromatic heterocycles. The number of carbonyl (C=O) groups excluding carboxylic acids is 2. The third kappa shape index (κ3) is 5.63. The van der Waals surface area contributed by atoms with Crippen molar-refractivity contribution in [2.24, 2.45) is 5.92 Å². The van der Waals surface area contributed by atoms with Crippen LogP contribution in [0.1, 0.15) is 43.4 Å². The topological polar surface area (TPSA) is 86.9 Å². The molecule has 4 aromatic rings. The van der Waals surface area contributed by atoms with E-state index in [-0.39, 0.29) is 6.61 Å².